The Morgan fingerprint density at radius 2 is 1.88 bits per heavy atom. The quantitative estimate of drug-likeness (QED) is 0.497. The van der Waals surface area contributed by atoms with Gasteiger partial charge < -0.3 is 14.0 Å². The number of ether oxygens (including phenoxy) is 2. The van der Waals surface area contributed by atoms with E-state index in [4.69, 9.17) is 14.0 Å². The normalized spacial score (nSPS) is 10.8. The number of carbonyl (C=O) groups is 1. The van der Waals surface area contributed by atoms with Gasteiger partial charge in [-0.05, 0) is 48.0 Å². The maximum atomic E-state index is 12.8. The molecule has 3 aromatic rings. The van der Waals surface area contributed by atoms with Crippen molar-refractivity contribution in [2.45, 2.75) is 6.61 Å². The second-order valence-electron chi connectivity index (χ2n) is 5.24. The molecule has 2 aromatic carbocycles. The highest BCUT2D eigenvalue weighted by atomic mass is 19.1. The second-order valence-corrected chi connectivity index (χ2v) is 5.24. The molecule has 0 spiro atoms. The zero-order valence-electron chi connectivity index (χ0n) is 13.9. The lowest BCUT2D eigenvalue weighted by atomic mass is 10.2. The molecule has 0 aliphatic heterocycles. The Kier molecular flexibility index (Phi) is 5.38. The first-order valence-electron chi connectivity index (χ1n) is 7.71. The van der Waals surface area contributed by atoms with Crippen molar-refractivity contribution in [1.82, 2.24) is 10.1 Å². The van der Waals surface area contributed by atoms with Gasteiger partial charge in [0.15, 0.2) is 6.61 Å². The molecule has 0 aliphatic rings. The van der Waals surface area contributed by atoms with Crippen molar-refractivity contribution in [2.24, 2.45) is 0 Å². The van der Waals surface area contributed by atoms with E-state index in [0.29, 0.717) is 11.5 Å². The Hall–Kier alpha value is -3.48. The van der Waals surface area contributed by atoms with E-state index < -0.39 is 5.97 Å². The van der Waals surface area contributed by atoms with Gasteiger partial charge in [0.1, 0.15) is 11.6 Å². The van der Waals surface area contributed by atoms with Crippen LogP contribution in [0.15, 0.2) is 59.1 Å². The van der Waals surface area contributed by atoms with Gasteiger partial charge in [0.25, 0.3) is 5.89 Å². The van der Waals surface area contributed by atoms with Crippen molar-refractivity contribution in [3.05, 3.63) is 71.8 Å². The third-order valence-electron chi connectivity index (χ3n) is 3.43. The van der Waals surface area contributed by atoms with Crippen molar-refractivity contribution in [1.29, 1.82) is 0 Å². The highest BCUT2D eigenvalue weighted by Gasteiger charge is 2.10. The van der Waals surface area contributed by atoms with Crippen molar-refractivity contribution in [3.63, 3.8) is 0 Å². The molecule has 3 rings (SSSR count). The number of carbonyl (C=O) groups excluding carboxylic acids is 1. The average Bonchev–Trinajstić information content (AvgIpc) is 3.15. The first-order valence-corrected chi connectivity index (χ1v) is 7.71. The van der Waals surface area contributed by atoms with E-state index in [1.54, 1.807) is 43.5 Å². The van der Waals surface area contributed by atoms with E-state index in [-0.39, 0.29) is 18.2 Å². The monoisotopic (exact) mass is 354 g/mol. The van der Waals surface area contributed by atoms with E-state index in [2.05, 4.69) is 10.1 Å². The van der Waals surface area contributed by atoms with Crippen LogP contribution in [0.25, 0.3) is 17.5 Å². The summed E-state index contributed by atoms with van der Waals surface area (Å²) in [6, 6.07) is 12.9. The molecular formula is C19H15FN2O4. The van der Waals surface area contributed by atoms with Crippen molar-refractivity contribution < 1.29 is 23.2 Å². The van der Waals surface area contributed by atoms with Crippen LogP contribution in [0.4, 0.5) is 4.39 Å². The Morgan fingerprint density at radius 3 is 2.58 bits per heavy atom. The van der Waals surface area contributed by atoms with Gasteiger partial charge in [0.2, 0.25) is 5.82 Å². The minimum absolute atomic E-state index is 0.119. The molecule has 132 valence electrons. The van der Waals surface area contributed by atoms with E-state index in [1.807, 2.05) is 0 Å². The molecule has 0 N–H and O–H groups in total. The fourth-order valence-electron chi connectivity index (χ4n) is 2.09. The number of nitrogens with zero attached hydrogens (tertiary/aromatic N) is 2. The minimum Gasteiger partial charge on any atom is -0.497 e. The van der Waals surface area contributed by atoms with Gasteiger partial charge in [0.05, 0.1) is 7.11 Å². The number of benzene rings is 2. The van der Waals surface area contributed by atoms with Gasteiger partial charge in [-0.15, -0.1) is 0 Å². The molecule has 0 fully saturated rings. The lowest BCUT2D eigenvalue weighted by Crippen LogP contribution is -2.02. The molecule has 1 heterocycles. The van der Waals surface area contributed by atoms with Gasteiger partial charge in [-0.1, -0.05) is 17.3 Å². The minimum atomic E-state index is -0.565. The average molecular weight is 354 g/mol. The predicted molar refractivity (Wildman–Crippen MR) is 91.5 cm³/mol. The zero-order valence-corrected chi connectivity index (χ0v) is 13.9. The molecule has 1 aromatic heterocycles. The van der Waals surface area contributed by atoms with E-state index in [1.165, 1.54) is 24.3 Å². The molecule has 0 saturated carbocycles. The molecule has 26 heavy (non-hydrogen) atoms. The highest BCUT2D eigenvalue weighted by Crippen LogP contribution is 2.20. The van der Waals surface area contributed by atoms with E-state index in [0.717, 1.165) is 11.3 Å². The van der Waals surface area contributed by atoms with Crippen molar-refractivity contribution >= 4 is 12.0 Å². The first kappa shape index (κ1) is 17.3. The Balaban J connectivity index is 1.55. The lowest BCUT2D eigenvalue weighted by molar-refractivity contribution is -0.139. The smallest absolute Gasteiger partial charge is 0.331 e. The van der Waals surface area contributed by atoms with Crippen molar-refractivity contribution in [3.8, 4) is 17.2 Å². The number of halogens is 1. The fraction of sp³-hybridized carbons (Fsp3) is 0.105. The predicted octanol–water partition coefficient (Wildman–Crippen LogP) is 3.64. The number of methoxy groups -OCH3 is 1. The van der Waals surface area contributed by atoms with Gasteiger partial charge in [0, 0.05) is 11.6 Å². The number of hydrogen-bond acceptors (Lipinski definition) is 6. The third kappa shape index (κ3) is 4.54. The summed E-state index contributed by atoms with van der Waals surface area (Å²) in [4.78, 5) is 15.9. The first-order chi connectivity index (χ1) is 12.6. The summed E-state index contributed by atoms with van der Waals surface area (Å²) in [5.41, 5.74) is 1.41. The van der Waals surface area contributed by atoms with Gasteiger partial charge in [-0.2, -0.15) is 4.98 Å². The molecule has 0 radical (unpaired) electrons. The maximum Gasteiger partial charge on any atom is 0.331 e. The van der Waals surface area contributed by atoms with Crippen LogP contribution in [-0.4, -0.2) is 23.2 Å². The summed E-state index contributed by atoms with van der Waals surface area (Å²) in [6.45, 7) is -0.119. The molecule has 0 bridgehead atoms. The van der Waals surface area contributed by atoms with Crippen LogP contribution in [0.3, 0.4) is 0 Å². The lowest BCUT2D eigenvalue weighted by Gasteiger charge is -1.99. The van der Waals surface area contributed by atoms with Crippen LogP contribution in [0, 0.1) is 5.82 Å². The summed E-state index contributed by atoms with van der Waals surface area (Å²) in [6.07, 6.45) is 2.78. The molecule has 7 heteroatoms. The zero-order chi connectivity index (χ0) is 18.4. The second kappa shape index (κ2) is 8.06. The molecule has 0 amide bonds. The van der Waals surface area contributed by atoms with Crippen LogP contribution in [-0.2, 0) is 16.1 Å². The number of esters is 1. The largest absolute Gasteiger partial charge is 0.497 e. The summed E-state index contributed by atoms with van der Waals surface area (Å²) in [5.74, 6) is 0.384. The number of rotatable bonds is 6. The summed E-state index contributed by atoms with van der Waals surface area (Å²) in [5, 5.41) is 3.77. The van der Waals surface area contributed by atoms with E-state index in [9.17, 15) is 9.18 Å². The molecule has 0 saturated heterocycles. The fourth-order valence-corrected chi connectivity index (χ4v) is 2.09. The van der Waals surface area contributed by atoms with Crippen LogP contribution in [0.1, 0.15) is 11.4 Å². The van der Waals surface area contributed by atoms with Crippen LogP contribution < -0.4 is 4.74 Å². The van der Waals surface area contributed by atoms with Gasteiger partial charge >= 0.3 is 5.97 Å². The van der Waals surface area contributed by atoms with Gasteiger partial charge in [-0.25, -0.2) is 9.18 Å². The SMILES string of the molecule is COc1ccc(-c2nc(COC(=O)C=Cc3ccc(F)cc3)no2)cc1. The summed E-state index contributed by atoms with van der Waals surface area (Å²) in [7, 11) is 1.58. The maximum absolute atomic E-state index is 12.8. The third-order valence-corrected chi connectivity index (χ3v) is 3.43. The molecule has 0 atom stereocenters. The number of aromatic nitrogens is 2. The summed E-state index contributed by atoms with van der Waals surface area (Å²) >= 11 is 0. The number of hydrogen-bond donors (Lipinski definition) is 0. The van der Waals surface area contributed by atoms with Crippen LogP contribution in [0.2, 0.25) is 0 Å². The Bertz CT molecular complexity index is 902. The van der Waals surface area contributed by atoms with Crippen molar-refractivity contribution in [2.75, 3.05) is 7.11 Å². The highest BCUT2D eigenvalue weighted by molar-refractivity contribution is 5.86. The standard InChI is InChI=1S/C19H15FN2O4/c1-24-16-9-5-14(6-10-16)19-21-17(22-26-19)12-25-18(23)11-4-13-2-7-15(20)8-3-13/h2-11H,12H2,1H3. The van der Waals surface area contributed by atoms with Crippen LogP contribution in [0.5, 0.6) is 5.75 Å². The molecular weight excluding hydrogens is 339 g/mol. The molecule has 6 nitrogen and oxygen atoms in total. The molecule has 0 aliphatic carbocycles. The van der Waals surface area contributed by atoms with E-state index >= 15 is 0 Å². The summed E-state index contributed by atoms with van der Waals surface area (Å²) < 4.78 is 28.1. The van der Waals surface area contributed by atoms with Crippen LogP contribution >= 0.6 is 0 Å². The Morgan fingerprint density at radius 1 is 1.15 bits per heavy atom. The topological polar surface area (TPSA) is 74.5 Å². The molecule has 0 unspecified atom stereocenters. The Labute approximate surface area is 148 Å². The van der Waals surface area contributed by atoms with Gasteiger partial charge in [-0.3, -0.25) is 0 Å².